The fourth-order valence-electron chi connectivity index (χ4n) is 2.04. The summed E-state index contributed by atoms with van der Waals surface area (Å²) in [6.45, 7) is 0.781. The Morgan fingerprint density at radius 1 is 1.00 bits per heavy atom. The molecule has 0 heterocycles. The van der Waals surface area contributed by atoms with Gasteiger partial charge in [0, 0.05) is 6.54 Å². The van der Waals surface area contributed by atoms with Gasteiger partial charge in [0.2, 0.25) is 0 Å². The van der Waals surface area contributed by atoms with Crippen LogP contribution in [0.25, 0.3) is 0 Å². The van der Waals surface area contributed by atoms with E-state index in [1.54, 1.807) is 14.2 Å². The zero-order valence-corrected chi connectivity index (χ0v) is 13.1. The van der Waals surface area contributed by atoms with Gasteiger partial charge in [0.25, 0.3) is 0 Å². The second-order valence-electron chi connectivity index (χ2n) is 4.55. The molecule has 2 aromatic rings. The molecule has 2 aromatic carbocycles. The molecule has 4 heteroatoms. The van der Waals surface area contributed by atoms with Crippen molar-refractivity contribution in [2.75, 3.05) is 20.8 Å². The predicted molar refractivity (Wildman–Crippen MR) is 89.4 cm³/mol. The summed E-state index contributed by atoms with van der Waals surface area (Å²) in [5, 5.41) is 3.27. The Hall–Kier alpha value is -2.07. The molecule has 1 N–H and O–H groups in total. The molecule has 0 aliphatic rings. The molecule has 0 spiro atoms. The topological polar surface area (TPSA) is 30.5 Å². The lowest BCUT2D eigenvalue weighted by molar-refractivity contribution is 0.414. The molecule has 21 heavy (non-hydrogen) atoms. The van der Waals surface area contributed by atoms with E-state index in [2.05, 4.69) is 17.4 Å². The van der Waals surface area contributed by atoms with Crippen molar-refractivity contribution in [2.24, 2.45) is 0 Å². The number of para-hydroxylation sites is 1. The predicted octanol–water partition coefficient (Wildman–Crippen LogP) is 3.21. The Balaban J connectivity index is 1.89. The van der Waals surface area contributed by atoms with Gasteiger partial charge in [0.15, 0.2) is 0 Å². The molecule has 0 aromatic heterocycles. The number of methoxy groups -OCH3 is 2. The molecule has 0 saturated carbocycles. The average molecular weight is 301 g/mol. The van der Waals surface area contributed by atoms with Crippen LogP contribution in [0.1, 0.15) is 11.1 Å². The molecule has 110 valence electrons. The molecular weight excluding hydrogens is 282 g/mol. The van der Waals surface area contributed by atoms with Gasteiger partial charge in [-0.2, -0.15) is 0 Å². The summed E-state index contributed by atoms with van der Waals surface area (Å²) < 4.78 is 10.5. The molecule has 0 fully saturated rings. The van der Waals surface area contributed by atoms with E-state index < -0.39 is 0 Å². The highest BCUT2D eigenvalue weighted by atomic mass is 32.1. The molecule has 0 saturated heterocycles. The van der Waals surface area contributed by atoms with Gasteiger partial charge in [-0.05, 0) is 36.2 Å². The third-order valence-corrected chi connectivity index (χ3v) is 3.57. The molecule has 0 atom stereocenters. The van der Waals surface area contributed by atoms with Crippen LogP contribution in [0.15, 0.2) is 48.5 Å². The molecule has 0 unspecified atom stereocenters. The van der Waals surface area contributed by atoms with E-state index in [1.165, 1.54) is 5.56 Å². The number of hydrogen-bond acceptors (Lipinski definition) is 3. The summed E-state index contributed by atoms with van der Waals surface area (Å²) in [6.07, 6.45) is 0.902. The SMILES string of the molecule is COc1ccc(CCNC(=S)c2ccccc2OC)cc1. The van der Waals surface area contributed by atoms with Gasteiger partial charge in [-0.1, -0.05) is 36.5 Å². The molecule has 3 nitrogen and oxygen atoms in total. The van der Waals surface area contributed by atoms with Gasteiger partial charge in [0.1, 0.15) is 16.5 Å². The Labute approximate surface area is 130 Å². The summed E-state index contributed by atoms with van der Waals surface area (Å²) in [5.74, 6) is 1.66. The van der Waals surface area contributed by atoms with Crippen molar-refractivity contribution < 1.29 is 9.47 Å². The van der Waals surface area contributed by atoms with Gasteiger partial charge in [-0.15, -0.1) is 0 Å². The van der Waals surface area contributed by atoms with Gasteiger partial charge < -0.3 is 14.8 Å². The summed E-state index contributed by atoms with van der Waals surface area (Å²) in [4.78, 5) is 0.709. The van der Waals surface area contributed by atoms with E-state index in [-0.39, 0.29) is 0 Å². The van der Waals surface area contributed by atoms with Crippen molar-refractivity contribution in [1.82, 2.24) is 5.32 Å². The molecule has 0 aliphatic heterocycles. The monoisotopic (exact) mass is 301 g/mol. The summed E-state index contributed by atoms with van der Waals surface area (Å²) in [7, 11) is 3.32. The first kappa shape index (κ1) is 15.3. The first-order chi connectivity index (χ1) is 10.2. The van der Waals surface area contributed by atoms with Gasteiger partial charge in [0.05, 0.1) is 19.8 Å². The zero-order valence-electron chi connectivity index (χ0n) is 12.3. The molecule has 0 aliphatic carbocycles. The summed E-state index contributed by atoms with van der Waals surface area (Å²) in [5.41, 5.74) is 2.16. The minimum Gasteiger partial charge on any atom is -0.497 e. The fourth-order valence-corrected chi connectivity index (χ4v) is 2.31. The van der Waals surface area contributed by atoms with E-state index in [9.17, 15) is 0 Å². The molecule has 2 rings (SSSR count). The van der Waals surface area contributed by atoms with Crippen molar-refractivity contribution in [1.29, 1.82) is 0 Å². The molecule has 0 amide bonds. The second-order valence-corrected chi connectivity index (χ2v) is 4.96. The minimum atomic E-state index is 0.709. The van der Waals surface area contributed by atoms with Crippen LogP contribution in [0.3, 0.4) is 0 Å². The number of nitrogens with one attached hydrogen (secondary N) is 1. The maximum atomic E-state index is 5.42. The highest BCUT2D eigenvalue weighted by Crippen LogP contribution is 2.17. The first-order valence-electron chi connectivity index (χ1n) is 6.78. The van der Waals surface area contributed by atoms with Gasteiger partial charge in [-0.25, -0.2) is 0 Å². The number of ether oxygens (including phenoxy) is 2. The smallest absolute Gasteiger partial charge is 0.129 e. The Bertz CT molecular complexity index is 596. The highest BCUT2D eigenvalue weighted by molar-refractivity contribution is 7.80. The average Bonchev–Trinajstić information content (AvgIpc) is 2.55. The lowest BCUT2D eigenvalue weighted by atomic mass is 10.1. The van der Waals surface area contributed by atoms with Crippen LogP contribution in [0, 0.1) is 0 Å². The first-order valence-corrected chi connectivity index (χ1v) is 7.19. The van der Waals surface area contributed by atoms with Gasteiger partial charge >= 0.3 is 0 Å². The van der Waals surface area contributed by atoms with Crippen LogP contribution in [0.4, 0.5) is 0 Å². The molecule has 0 bridgehead atoms. The Kier molecular flexibility index (Phi) is 5.58. The maximum Gasteiger partial charge on any atom is 0.129 e. The van der Waals surface area contributed by atoms with E-state index in [1.807, 2.05) is 36.4 Å². The molecule has 0 radical (unpaired) electrons. The van der Waals surface area contributed by atoms with Crippen LogP contribution in [0.2, 0.25) is 0 Å². The maximum absolute atomic E-state index is 5.42. The van der Waals surface area contributed by atoms with E-state index in [0.29, 0.717) is 4.99 Å². The fraction of sp³-hybridized carbons (Fsp3) is 0.235. The van der Waals surface area contributed by atoms with Crippen LogP contribution in [0.5, 0.6) is 11.5 Å². The number of thiocarbonyl (C=S) groups is 1. The summed E-state index contributed by atoms with van der Waals surface area (Å²) >= 11 is 5.42. The van der Waals surface area contributed by atoms with Crippen LogP contribution in [-0.2, 0) is 6.42 Å². The van der Waals surface area contributed by atoms with Crippen molar-refractivity contribution >= 4 is 17.2 Å². The number of hydrogen-bond donors (Lipinski definition) is 1. The van der Waals surface area contributed by atoms with Gasteiger partial charge in [-0.3, -0.25) is 0 Å². The van der Waals surface area contributed by atoms with Crippen molar-refractivity contribution in [3.05, 3.63) is 59.7 Å². The minimum absolute atomic E-state index is 0.709. The standard InChI is InChI=1S/C17H19NO2S/c1-19-14-9-7-13(8-10-14)11-12-18-17(21)15-5-3-4-6-16(15)20-2/h3-10H,11-12H2,1-2H3,(H,18,21). The summed E-state index contributed by atoms with van der Waals surface area (Å²) in [6, 6.07) is 15.8. The van der Waals surface area contributed by atoms with Crippen LogP contribution >= 0.6 is 12.2 Å². The largest absolute Gasteiger partial charge is 0.497 e. The lowest BCUT2D eigenvalue weighted by Crippen LogP contribution is -2.25. The zero-order chi connectivity index (χ0) is 15.1. The number of benzene rings is 2. The second kappa shape index (κ2) is 7.64. The molecular formula is C17H19NO2S. The van der Waals surface area contributed by atoms with Crippen molar-refractivity contribution in [2.45, 2.75) is 6.42 Å². The van der Waals surface area contributed by atoms with E-state index in [0.717, 1.165) is 30.0 Å². The third kappa shape index (κ3) is 4.20. The normalized spacial score (nSPS) is 10.0. The van der Waals surface area contributed by atoms with E-state index in [4.69, 9.17) is 21.7 Å². The Morgan fingerprint density at radius 3 is 2.38 bits per heavy atom. The van der Waals surface area contributed by atoms with Crippen LogP contribution in [-0.4, -0.2) is 25.8 Å². The lowest BCUT2D eigenvalue weighted by Gasteiger charge is -2.11. The van der Waals surface area contributed by atoms with Crippen molar-refractivity contribution in [3.63, 3.8) is 0 Å². The van der Waals surface area contributed by atoms with E-state index >= 15 is 0 Å². The van der Waals surface area contributed by atoms with Crippen molar-refractivity contribution in [3.8, 4) is 11.5 Å². The number of rotatable bonds is 6. The Morgan fingerprint density at radius 2 is 1.71 bits per heavy atom. The third-order valence-electron chi connectivity index (χ3n) is 3.21. The quantitative estimate of drug-likeness (QED) is 0.830. The van der Waals surface area contributed by atoms with Crippen LogP contribution < -0.4 is 14.8 Å². The highest BCUT2D eigenvalue weighted by Gasteiger charge is 2.06.